The first-order valence-corrected chi connectivity index (χ1v) is 42.7. The molecule has 4 fully saturated rings. The molecule has 4 saturated heterocycles. The quantitative estimate of drug-likeness (QED) is 0.0540. The number of anilines is 3. The monoisotopic (exact) mass is 1420 g/mol. The fourth-order valence-electron chi connectivity index (χ4n) is 12.4. The van der Waals surface area contributed by atoms with Crippen LogP contribution in [0.15, 0.2) is 147 Å². The first-order chi connectivity index (χ1) is 48.7. The van der Waals surface area contributed by atoms with Gasteiger partial charge in [-0.25, -0.2) is 29.9 Å². The van der Waals surface area contributed by atoms with Gasteiger partial charge in [-0.05, 0) is 125 Å². The molecule has 0 unspecified atom stereocenters. The van der Waals surface area contributed by atoms with Gasteiger partial charge in [-0.3, -0.25) is 15.0 Å². The van der Waals surface area contributed by atoms with E-state index in [1.54, 1.807) is 12.4 Å². The lowest BCUT2D eigenvalue weighted by atomic mass is 9.80. The number of H-pyrrole nitrogens is 1. The highest BCUT2D eigenvalue weighted by Gasteiger charge is 2.52. The molecule has 16 heterocycles. The van der Waals surface area contributed by atoms with Crippen molar-refractivity contribution in [3.05, 3.63) is 152 Å². The van der Waals surface area contributed by atoms with Crippen LogP contribution in [-0.4, -0.2) is 186 Å². The number of morpholine rings is 3. The van der Waals surface area contributed by atoms with Gasteiger partial charge >= 0.3 is 7.12 Å². The predicted octanol–water partition coefficient (Wildman–Crippen LogP) is 13.6. The van der Waals surface area contributed by atoms with Gasteiger partial charge in [0.15, 0.2) is 0 Å². The Bertz CT molecular complexity index is 4750. The molecular weight excluding hydrogens is 1330 g/mol. The lowest BCUT2D eigenvalue weighted by Crippen LogP contribution is -2.41. The van der Waals surface area contributed by atoms with Crippen LogP contribution in [0, 0.1) is 0 Å². The van der Waals surface area contributed by atoms with Crippen LogP contribution in [-0.2, 0) is 46.5 Å². The number of nitrogens with one attached hydrogen (secondary N) is 1. The maximum Gasteiger partial charge on any atom is 0.496 e. The molecule has 4 aliphatic heterocycles. The topological polar surface area (TPSA) is 216 Å². The standard InChI is InChI=1S/C25H31N5O2Si.C19H17N5O.C16H20ClN3OSi.C15H23BN2O3/c1-33(2,3)15-14-32-18-30-23-8-9-26-17-21(23)20-5-6-22(28-25(20)30)19-4-7-24(27-16-19)29-10-12-31-13-11-29;1-4-18(24-7-9-25-10-8-24)21-11-13(1)16-3-2-14-15-12-20-6-5-17(15)23-19(14)22-16;1-22(2,3)9-8-21-11-20-14-6-7-18-10-13(14)12-4-5-15(17)19-16(12)20;1-14(2)15(3,4)21-16(20-14)12-5-6-13(17-11-12)18-7-9-19-10-8-18/h4-9,16-17H,10-15,18H2,1-3H3;1-6,11-12H,7-10H2,(H,22,23);4-7,10H,8-9,11H2,1-3H3;5-6,11H,7-10H2,1-4H3. The van der Waals surface area contributed by atoms with Crippen LogP contribution in [0.5, 0.6) is 0 Å². The van der Waals surface area contributed by atoms with E-state index in [0.29, 0.717) is 18.6 Å². The fraction of sp³-hybridized carbons (Fsp3) is 0.400. The summed E-state index contributed by atoms with van der Waals surface area (Å²) < 4.78 is 44.5. The number of aromatic amines is 1. The number of rotatable bonds is 16. The number of nitrogens with zero attached hydrogens (tertiary/aromatic N) is 14. The van der Waals surface area contributed by atoms with Gasteiger partial charge in [0, 0.05) is 173 Å². The zero-order chi connectivity index (χ0) is 70.3. The predicted molar refractivity (Wildman–Crippen MR) is 410 cm³/mol. The smallest absolute Gasteiger partial charge is 0.399 e. The van der Waals surface area contributed by atoms with Crippen molar-refractivity contribution < 1.29 is 33.0 Å². The van der Waals surface area contributed by atoms with Gasteiger partial charge in [0.1, 0.15) is 53.0 Å². The second-order valence-electron chi connectivity index (χ2n) is 29.2. The summed E-state index contributed by atoms with van der Waals surface area (Å²) in [6.45, 7) is 34.8. The molecule has 0 atom stereocenters. The Morgan fingerprint density at radius 2 is 0.901 bits per heavy atom. The second kappa shape index (κ2) is 31.1. The number of fused-ring (bicyclic) bond motifs is 9. The zero-order valence-corrected chi connectivity index (χ0v) is 62.4. The number of hydrogen-bond acceptors (Lipinski definition) is 19. The summed E-state index contributed by atoms with van der Waals surface area (Å²) in [5, 5.41) is 7.00. The Kier molecular flexibility index (Phi) is 21.9. The minimum Gasteiger partial charge on any atom is -0.399 e. The lowest BCUT2D eigenvalue weighted by molar-refractivity contribution is 0.00578. The van der Waals surface area contributed by atoms with Gasteiger partial charge in [-0.15, -0.1) is 0 Å². The van der Waals surface area contributed by atoms with Crippen LogP contribution in [0.4, 0.5) is 17.5 Å². The number of hydrogen-bond donors (Lipinski definition) is 1. The van der Waals surface area contributed by atoms with Gasteiger partial charge in [0.2, 0.25) is 0 Å². The zero-order valence-electron chi connectivity index (χ0n) is 59.7. The maximum absolute atomic E-state index is 6.11. The minimum absolute atomic E-state index is 0.319. The van der Waals surface area contributed by atoms with Gasteiger partial charge in [0.05, 0.1) is 78.8 Å². The summed E-state index contributed by atoms with van der Waals surface area (Å²) in [6.07, 6.45) is 16.7. The van der Waals surface area contributed by atoms with Crippen molar-refractivity contribution in [2.24, 2.45) is 0 Å². The molecule has 1 N–H and O–H groups in total. The Labute approximate surface area is 597 Å². The van der Waals surface area contributed by atoms with Crippen molar-refractivity contribution in [1.29, 1.82) is 0 Å². The first kappa shape index (κ1) is 71.1. The van der Waals surface area contributed by atoms with Crippen molar-refractivity contribution in [3.8, 4) is 22.5 Å². The largest absolute Gasteiger partial charge is 0.496 e. The number of pyridine rings is 9. The minimum atomic E-state index is -1.13. The maximum atomic E-state index is 6.11. The van der Waals surface area contributed by atoms with E-state index >= 15 is 0 Å². The first-order valence-electron chi connectivity index (χ1n) is 34.9. The molecule has 16 rings (SSSR count). The van der Waals surface area contributed by atoms with Crippen molar-refractivity contribution in [1.82, 2.24) is 59.0 Å². The van der Waals surface area contributed by atoms with Crippen LogP contribution in [0.3, 0.4) is 0 Å². The van der Waals surface area contributed by atoms with E-state index in [1.807, 2.05) is 91.9 Å². The average Bonchev–Trinajstić information content (AvgIpc) is 1.63. The molecule has 0 aromatic carbocycles. The summed E-state index contributed by atoms with van der Waals surface area (Å²) in [7, 11) is -2.56. The van der Waals surface area contributed by atoms with Crippen molar-refractivity contribution in [2.45, 2.75) is 104 Å². The summed E-state index contributed by atoms with van der Waals surface area (Å²) >= 11 is 6.06. The molecule has 0 radical (unpaired) electrons. The average molecular weight is 1420 g/mol. The molecule has 526 valence electrons. The molecule has 0 aliphatic carbocycles. The highest BCUT2D eigenvalue weighted by atomic mass is 35.5. The third kappa shape index (κ3) is 16.9. The highest BCUT2D eigenvalue weighted by Crippen LogP contribution is 2.37. The Morgan fingerprint density at radius 3 is 1.37 bits per heavy atom. The van der Waals surface area contributed by atoms with Crippen LogP contribution in [0.1, 0.15) is 27.7 Å². The molecule has 12 aromatic heterocycles. The Hall–Kier alpha value is -8.34. The van der Waals surface area contributed by atoms with Crippen LogP contribution >= 0.6 is 11.6 Å². The van der Waals surface area contributed by atoms with Gasteiger partial charge < -0.3 is 61.8 Å². The molecule has 0 spiro atoms. The van der Waals surface area contributed by atoms with E-state index in [1.165, 1.54) is 0 Å². The number of aromatic nitrogens is 12. The molecule has 101 heavy (non-hydrogen) atoms. The van der Waals surface area contributed by atoms with E-state index in [-0.39, 0.29) is 18.3 Å². The second-order valence-corrected chi connectivity index (χ2v) is 40.8. The molecule has 26 heteroatoms. The highest BCUT2D eigenvalue weighted by molar-refractivity contribution is 6.76. The molecular formula is C75H91BClN15O7Si2. The summed E-state index contributed by atoms with van der Waals surface area (Å²) in [5.41, 5.74) is 10.0. The molecule has 0 saturated carbocycles. The summed E-state index contributed by atoms with van der Waals surface area (Å²) in [5.74, 6) is 2.96. The van der Waals surface area contributed by atoms with Crippen molar-refractivity contribution >= 4 is 124 Å². The lowest BCUT2D eigenvalue weighted by Gasteiger charge is -2.32. The molecule has 12 aromatic rings. The third-order valence-corrected chi connectivity index (χ3v) is 22.7. The van der Waals surface area contributed by atoms with Gasteiger partial charge in [0.25, 0.3) is 0 Å². The molecule has 22 nitrogen and oxygen atoms in total. The SMILES string of the molecule is CC1(C)OB(c2ccc(N3CCOCC3)nc2)OC1(C)C.C[Si](C)(C)CCOCn1c2ccncc2c2ccc(-c3ccc(N4CCOCC4)nc3)nc21.C[Si](C)(C)CCOCn1c2ccncc2c2ccc(Cl)nc21.c1cc2[nH]c3nc(-c4ccc(N5CCOCC5)nc4)ccc3c2cn1. The summed E-state index contributed by atoms with van der Waals surface area (Å²) in [6, 6.07) is 32.8. The van der Waals surface area contributed by atoms with Crippen molar-refractivity contribution in [3.63, 3.8) is 0 Å². The van der Waals surface area contributed by atoms with Crippen molar-refractivity contribution in [2.75, 3.05) is 107 Å². The molecule has 0 bridgehead atoms. The molecule has 4 aliphatic rings. The third-order valence-electron chi connectivity index (χ3n) is 19.1. The number of ether oxygens (including phenoxy) is 5. The van der Waals surface area contributed by atoms with E-state index in [4.69, 9.17) is 59.5 Å². The molecule has 0 amide bonds. The van der Waals surface area contributed by atoms with Crippen LogP contribution in [0.25, 0.3) is 88.3 Å². The van der Waals surface area contributed by atoms with E-state index < -0.39 is 16.1 Å². The van der Waals surface area contributed by atoms with Gasteiger partial charge in [-0.1, -0.05) is 56.9 Å². The summed E-state index contributed by atoms with van der Waals surface area (Å²) in [4.78, 5) is 51.0. The van der Waals surface area contributed by atoms with Crippen LogP contribution < -0.4 is 20.2 Å². The van der Waals surface area contributed by atoms with E-state index in [2.05, 4.69) is 168 Å². The Morgan fingerprint density at radius 1 is 0.465 bits per heavy atom. The van der Waals surface area contributed by atoms with E-state index in [9.17, 15) is 0 Å². The van der Waals surface area contributed by atoms with E-state index in [0.717, 1.165) is 215 Å². The number of halogens is 1. The normalized spacial score (nSPS) is 16.4. The van der Waals surface area contributed by atoms with Gasteiger partial charge in [-0.2, -0.15) is 0 Å². The van der Waals surface area contributed by atoms with Crippen LogP contribution in [0.2, 0.25) is 56.5 Å². The Balaban J connectivity index is 0.000000122. The fourth-order valence-corrected chi connectivity index (χ4v) is 14.0.